The highest BCUT2D eigenvalue weighted by Crippen LogP contribution is 2.39. The molecule has 8 nitrogen and oxygen atoms in total. The second kappa shape index (κ2) is 11.4. The molecule has 0 aromatic heterocycles. The van der Waals surface area contributed by atoms with Crippen LogP contribution >= 0.6 is 27.5 Å². The summed E-state index contributed by atoms with van der Waals surface area (Å²) in [6.45, 7) is 0.256. The van der Waals surface area contributed by atoms with Gasteiger partial charge in [0.05, 0.1) is 24.9 Å². The second-order valence-electron chi connectivity index (χ2n) is 8.73. The number of rotatable bonds is 7. The number of barbiturate groups is 1. The molecule has 0 saturated carbocycles. The van der Waals surface area contributed by atoms with E-state index in [4.69, 9.17) is 25.8 Å². The van der Waals surface area contributed by atoms with Crippen LogP contribution in [-0.4, -0.2) is 32.1 Å². The Kier molecular flexibility index (Phi) is 7.77. The molecule has 4 aromatic carbocycles. The number of fused-ring (bicyclic) bond motifs is 1. The lowest BCUT2D eigenvalue weighted by atomic mass is 10.0. The molecule has 1 N–H and O–H groups in total. The van der Waals surface area contributed by atoms with Gasteiger partial charge in [-0.05, 0) is 40.6 Å². The number of anilines is 1. The first-order valence-corrected chi connectivity index (χ1v) is 13.2. The zero-order chi connectivity index (χ0) is 28.4. The number of methoxy groups -OCH3 is 2. The van der Waals surface area contributed by atoms with Gasteiger partial charge in [0, 0.05) is 22.2 Å². The number of urea groups is 1. The van der Waals surface area contributed by atoms with Gasteiger partial charge in [0.15, 0.2) is 0 Å². The average Bonchev–Trinajstić information content (AvgIpc) is 2.95. The summed E-state index contributed by atoms with van der Waals surface area (Å²) in [7, 11) is 2.77. The molecule has 0 radical (unpaired) electrons. The second-order valence-corrected chi connectivity index (χ2v) is 10.0. The lowest BCUT2D eigenvalue weighted by molar-refractivity contribution is -0.122. The van der Waals surface area contributed by atoms with Gasteiger partial charge in [-0.15, -0.1) is 0 Å². The molecule has 202 valence electrons. The fraction of sp³-hybridized carbons (Fsp3) is 0.100. The number of carbonyl (C=O) groups is 3. The zero-order valence-corrected chi connectivity index (χ0v) is 23.7. The first-order valence-electron chi connectivity index (χ1n) is 12.0. The molecule has 0 bridgehead atoms. The molecule has 40 heavy (non-hydrogen) atoms. The average molecular weight is 622 g/mol. The van der Waals surface area contributed by atoms with Crippen molar-refractivity contribution in [1.82, 2.24) is 5.32 Å². The number of nitrogens with one attached hydrogen (secondary N) is 1. The van der Waals surface area contributed by atoms with Crippen molar-refractivity contribution < 1.29 is 28.6 Å². The molecule has 4 amide bonds. The van der Waals surface area contributed by atoms with Crippen LogP contribution in [0.1, 0.15) is 11.1 Å². The van der Waals surface area contributed by atoms with Crippen molar-refractivity contribution >= 4 is 67.9 Å². The summed E-state index contributed by atoms with van der Waals surface area (Å²) in [5.74, 6) is -0.887. The van der Waals surface area contributed by atoms with Crippen LogP contribution < -0.4 is 24.4 Å². The maximum atomic E-state index is 13.6. The van der Waals surface area contributed by atoms with E-state index in [9.17, 15) is 14.4 Å². The third kappa shape index (κ3) is 5.25. The van der Waals surface area contributed by atoms with Crippen molar-refractivity contribution in [3.63, 3.8) is 0 Å². The highest BCUT2D eigenvalue weighted by molar-refractivity contribution is 9.10. The van der Waals surface area contributed by atoms with Crippen molar-refractivity contribution in [2.24, 2.45) is 0 Å². The molecule has 1 heterocycles. The number of benzene rings is 4. The highest BCUT2D eigenvalue weighted by atomic mass is 79.9. The van der Waals surface area contributed by atoms with Gasteiger partial charge in [-0.2, -0.15) is 0 Å². The zero-order valence-electron chi connectivity index (χ0n) is 21.4. The molecule has 0 spiro atoms. The topological polar surface area (TPSA) is 94.2 Å². The predicted octanol–water partition coefficient (Wildman–Crippen LogP) is 6.52. The third-order valence-electron chi connectivity index (χ3n) is 6.33. The van der Waals surface area contributed by atoms with Gasteiger partial charge in [0.1, 0.15) is 29.4 Å². The van der Waals surface area contributed by atoms with E-state index in [1.807, 2.05) is 42.5 Å². The van der Waals surface area contributed by atoms with Crippen molar-refractivity contribution in [3.8, 4) is 17.2 Å². The number of hydrogen-bond donors (Lipinski definition) is 1. The molecule has 1 aliphatic heterocycles. The molecule has 1 saturated heterocycles. The van der Waals surface area contributed by atoms with Crippen LogP contribution in [0.3, 0.4) is 0 Å². The Morgan fingerprint density at radius 3 is 2.42 bits per heavy atom. The molecule has 0 unspecified atom stereocenters. The molecule has 5 rings (SSSR count). The van der Waals surface area contributed by atoms with E-state index in [-0.39, 0.29) is 34.4 Å². The monoisotopic (exact) mass is 620 g/mol. The molecule has 4 aromatic rings. The minimum absolute atomic E-state index is 0.0614. The Balaban J connectivity index is 1.52. The predicted molar refractivity (Wildman–Crippen MR) is 156 cm³/mol. The number of carbonyl (C=O) groups excluding carboxylic acids is 3. The lowest BCUT2D eigenvalue weighted by Crippen LogP contribution is -2.54. The summed E-state index contributed by atoms with van der Waals surface area (Å²) in [4.78, 5) is 40.1. The van der Waals surface area contributed by atoms with Gasteiger partial charge < -0.3 is 14.2 Å². The molecule has 1 aliphatic rings. The Morgan fingerprint density at radius 1 is 0.900 bits per heavy atom. The lowest BCUT2D eigenvalue weighted by Gasteiger charge is -2.28. The first-order chi connectivity index (χ1) is 19.3. The standard InChI is InChI=1S/C30H22BrClN2O6/c1-38-26-15-24(27(39-2)14-23(26)32)34-29(36)22(28(35)33-30(34)37)13-19-12-20(31)10-11-25(19)40-16-18-8-5-7-17-6-3-4-9-21(17)18/h3-15H,16H2,1-2H3,(H,33,35,37)/b22-13+. The molecule has 10 heteroatoms. The quantitative estimate of drug-likeness (QED) is 0.187. The molecule has 0 atom stereocenters. The molecule has 1 fully saturated rings. The number of imide groups is 2. The number of ether oxygens (including phenoxy) is 3. The van der Waals surface area contributed by atoms with E-state index in [0.717, 1.165) is 21.2 Å². The van der Waals surface area contributed by atoms with E-state index in [2.05, 4.69) is 21.2 Å². The van der Waals surface area contributed by atoms with Gasteiger partial charge in [0.25, 0.3) is 11.8 Å². The first kappa shape index (κ1) is 27.2. The van der Waals surface area contributed by atoms with Gasteiger partial charge in [-0.1, -0.05) is 70.0 Å². The number of nitrogens with zero attached hydrogens (tertiary/aromatic N) is 1. The van der Waals surface area contributed by atoms with Crippen LogP contribution in [-0.2, 0) is 16.2 Å². The minimum atomic E-state index is -0.934. The van der Waals surface area contributed by atoms with Crippen LogP contribution in [0.2, 0.25) is 5.02 Å². The number of hydrogen-bond acceptors (Lipinski definition) is 6. The Labute approximate surface area is 243 Å². The molecule has 0 aliphatic carbocycles. The normalized spacial score (nSPS) is 14.4. The summed E-state index contributed by atoms with van der Waals surface area (Å²) in [5, 5.41) is 4.59. The largest absolute Gasteiger partial charge is 0.495 e. The highest BCUT2D eigenvalue weighted by Gasteiger charge is 2.39. The Hall–Kier alpha value is -4.34. The maximum Gasteiger partial charge on any atom is 0.336 e. The van der Waals surface area contributed by atoms with Crippen molar-refractivity contribution in [2.75, 3.05) is 19.1 Å². The SMILES string of the molecule is COc1cc(N2C(=O)NC(=O)/C(=C\c3cc(Br)ccc3OCc3cccc4ccccc34)C2=O)c(OC)cc1Cl. The van der Waals surface area contributed by atoms with Gasteiger partial charge >= 0.3 is 6.03 Å². The summed E-state index contributed by atoms with van der Waals surface area (Å²) < 4.78 is 17.5. The summed E-state index contributed by atoms with van der Waals surface area (Å²) in [5.41, 5.74) is 1.23. The fourth-order valence-electron chi connectivity index (χ4n) is 4.39. The van der Waals surface area contributed by atoms with Crippen LogP contribution in [0, 0.1) is 0 Å². The maximum absolute atomic E-state index is 13.6. The van der Waals surface area contributed by atoms with E-state index < -0.39 is 17.8 Å². The smallest absolute Gasteiger partial charge is 0.336 e. The summed E-state index contributed by atoms with van der Waals surface area (Å²) in [6.07, 6.45) is 1.39. The number of amides is 4. The summed E-state index contributed by atoms with van der Waals surface area (Å²) >= 11 is 9.64. The van der Waals surface area contributed by atoms with Crippen molar-refractivity contribution in [2.45, 2.75) is 6.61 Å². The van der Waals surface area contributed by atoms with Gasteiger partial charge in [0.2, 0.25) is 0 Å². The van der Waals surface area contributed by atoms with E-state index in [1.54, 1.807) is 18.2 Å². The minimum Gasteiger partial charge on any atom is -0.495 e. The fourth-order valence-corrected chi connectivity index (χ4v) is 5.00. The molecular weight excluding hydrogens is 600 g/mol. The van der Waals surface area contributed by atoms with E-state index in [1.165, 1.54) is 32.4 Å². The Morgan fingerprint density at radius 2 is 1.65 bits per heavy atom. The van der Waals surface area contributed by atoms with Crippen LogP contribution in [0.15, 0.2) is 82.8 Å². The number of halogens is 2. The van der Waals surface area contributed by atoms with Crippen molar-refractivity contribution in [1.29, 1.82) is 0 Å². The van der Waals surface area contributed by atoms with Crippen LogP contribution in [0.4, 0.5) is 10.5 Å². The van der Waals surface area contributed by atoms with Gasteiger partial charge in [-0.3, -0.25) is 14.9 Å². The Bertz CT molecular complexity index is 1700. The molecular formula is C30H22BrClN2O6. The third-order valence-corrected chi connectivity index (χ3v) is 7.12. The van der Waals surface area contributed by atoms with E-state index >= 15 is 0 Å². The summed E-state index contributed by atoms with van der Waals surface area (Å²) in [6, 6.07) is 21.1. The van der Waals surface area contributed by atoms with Crippen molar-refractivity contribution in [3.05, 3.63) is 99.0 Å². The van der Waals surface area contributed by atoms with Crippen LogP contribution in [0.25, 0.3) is 16.8 Å². The van der Waals surface area contributed by atoms with Crippen LogP contribution in [0.5, 0.6) is 17.2 Å². The van der Waals surface area contributed by atoms with Gasteiger partial charge in [-0.25, -0.2) is 9.69 Å². The van der Waals surface area contributed by atoms with E-state index in [0.29, 0.717) is 15.8 Å².